The molecule has 0 heterocycles. The molecule has 0 aliphatic carbocycles. The van der Waals surface area contributed by atoms with Gasteiger partial charge in [-0.05, 0) is 51.3 Å². The summed E-state index contributed by atoms with van der Waals surface area (Å²) in [5.74, 6) is -2.46. The summed E-state index contributed by atoms with van der Waals surface area (Å²) in [4.78, 5) is 35.2. The first kappa shape index (κ1) is 24.8. The van der Waals surface area contributed by atoms with Crippen molar-refractivity contribution < 1.29 is 28.6 Å². The zero-order valence-corrected chi connectivity index (χ0v) is 18.5. The second-order valence-corrected chi connectivity index (χ2v) is 8.78. The molecule has 1 amide bonds. The summed E-state index contributed by atoms with van der Waals surface area (Å²) in [6, 6.07) is 6.85. The second kappa shape index (κ2) is 10.5. The molecule has 0 saturated carbocycles. The van der Waals surface area contributed by atoms with E-state index in [1.807, 2.05) is 12.1 Å². The van der Waals surface area contributed by atoms with Crippen molar-refractivity contribution in [2.75, 3.05) is 0 Å². The van der Waals surface area contributed by atoms with Crippen LogP contribution in [0.2, 0.25) is 5.02 Å². The second-order valence-electron chi connectivity index (χ2n) is 8.35. The Balaban J connectivity index is 2.85. The summed E-state index contributed by atoms with van der Waals surface area (Å²) in [7, 11) is 0. The van der Waals surface area contributed by atoms with Gasteiger partial charge in [-0.15, -0.1) is 0 Å². The molecule has 0 aliphatic heterocycles. The van der Waals surface area contributed by atoms with Gasteiger partial charge < -0.3 is 19.5 Å². The van der Waals surface area contributed by atoms with Gasteiger partial charge in [0.1, 0.15) is 5.60 Å². The molecule has 1 aromatic rings. The Kier molecular flexibility index (Phi) is 8.95. The van der Waals surface area contributed by atoms with E-state index in [2.05, 4.69) is 5.32 Å². The maximum atomic E-state index is 12.4. The Bertz CT molecular complexity index is 696. The summed E-state index contributed by atoms with van der Waals surface area (Å²) in [6.45, 7) is 10.2. The first-order valence-electron chi connectivity index (χ1n) is 9.39. The first-order valence-corrected chi connectivity index (χ1v) is 9.77. The van der Waals surface area contributed by atoms with Gasteiger partial charge in [0.25, 0.3) is 12.3 Å². The highest BCUT2D eigenvalue weighted by molar-refractivity contribution is 6.30. The van der Waals surface area contributed by atoms with E-state index in [9.17, 15) is 14.4 Å². The molecule has 29 heavy (non-hydrogen) atoms. The number of benzene rings is 1. The van der Waals surface area contributed by atoms with Crippen LogP contribution in [-0.4, -0.2) is 36.0 Å². The zero-order chi connectivity index (χ0) is 22.2. The van der Waals surface area contributed by atoms with Crippen LogP contribution in [0, 0.1) is 5.92 Å². The monoisotopic (exact) mass is 427 g/mol. The van der Waals surface area contributed by atoms with E-state index < -0.39 is 29.4 Å². The summed E-state index contributed by atoms with van der Waals surface area (Å²) in [5.41, 5.74) is 0.302. The molecule has 0 aromatic heterocycles. The normalized spacial score (nSPS) is 13.8. The molecule has 8 heteroatoms. The van der Waals surface area contributed by atoms with Gasteiger partial charge in [-0.2, -0.15) is 0 Å². The molecule has 0 aliphatic rings. The predicted octanol–water partition coefficient (Wildman–Crippen LogP) is 4.25. The Morgan fingerprint density at radius 2 is 1.69 bits per heavy atom. The van der Waals surface area contributed by atoms with Crippen LogP contribution in [0.4, 0.5) is 4.79 Å². The number of halogens is 1. The minimum Gasteiger partial charge on any atom is -0.444 e. The lowest BCUT2D eigenvalue weighted by molar-refractivity contribution is -0.211. The zero-order valence-electron chi connectivity index (χ0n) is 17.8. The molecule has 0 bridgehead atoms. The van der Waals surface area contributed by atoms with Gasteiger partial charge in [0.15, 0.2) is 0 Å². The third-order valence-electron chi connectivity index (χ3n) is 3.83. The van der Waals surface area contributed by atoms with Crippen LogP contribution in [0.5, 0.6) is 0 Å². The molecule has 2 atom stereocenters. The molecule has 162 valence electrons. The minimum atomic E-state index is -1.36. The van der Waals surface area contributed by atoms with Crippen LogP contribution < -0.4 is 5.32 Å². The van der Waals surface area contributed by atoms with Crippen molar-refractivity contribution in [2.24, 2.45) is 5.92 Å². The Morgan fingerprint density at radius 3 is 2.21 bits per heavy atom. The summed E-state index contributed by atoms with van der Waals surface area (Å²) in [5, 5.41) is 3.43. The number of esters is 1. The fourth-order valence-electron chi connectivity index (χ4n) is 2.58. The molecule has 0 spiro atoms. The third-order valence-corrected chi connectivity index (χ3v) is 4.09. The van der Waals surface area contributed by atoms with Crippen LogP contribution in [0.1, 0.15) is 53.5 Å². The molecule has 1 rings (SSSR count). The molecule has 7 nitrogen and oxygen atoms in total. The van der Waals surface area contributed by atoms with Gasteiger partial charge >= 0.3 is 12.1 Å². The number of hydrogen-bond donors (Lipinski definition) is 1. The first-order chi connectivity index (χ1) is 13.3. The van der Waals surface area contributed by atoms with E-state index in [0.717, 1.165) is 5.56 Å². The van der Waals surface area contributed by atoms with Gasteiger partial charge in [-0.3, -0.25) is 9.59 Å². The smallest absolute Gasteiger partial charge is 0.407 e. The summed E-state index contributed by atoms with van der Waals surface area (Å²) < 4.78 is 15.3. The average molecular weight is 428 g/mol. The van der Waals surface area contributed by atoms with Crippen molar-refractivity contribution in [3.8, 4) is 0 Å². The highest BCUT2D eigenvalue weighted by atomic mass is 35.5. The molecule has 1 aromatic carbocycles. The topological polar surface area (TPSA) is 90.9 Å². The van der Waals surface area contributed by atoms with Crippen molar-refractivity contribution in [3.05, 3.63) is 34.9 Å². The Labute approximate surface area is 177 Å². The van der Waals surface area contributed by atoms with E-state index in [4.69, 9.17) is 25.8 Å². The van der Waals surface area contributed by atoms with Crippen LogP contribution in [0.3, 0.4) is 0 Å². The third kappa shape index (κ3) is 10.2. The Morgan fingerprint density at radius 1 is 1.10 bits per heavy atom. The number of carbonyl (C=O) groups is 3. The van der Waals surface area contributed by atoms with Crippen molar-refractivity contribution in [2.45, 2.75) is 71.8 Å². The van der Waals surface area contributed by atoms with E-state index in [1.54, 1.807) is 39.8 Å². The molecule has 0 saturated heterocycles. The number of carbonyl (C=O) groups excluding carboxylic acids is 3. The van der Waals surface area contributed by atoms with Gasteiger partial charge in [-0.25, -0.2) is 4.79 Å². The highest BCUT2D eigenvalue weighted by Gasteiger charge is 2.29. The maximum absolute atomic E-state index is 12.4. The fraction of sp³-hybridized carbons (Fsp3) is 0.571. The molecule has 1 N–H and O–H groups in total. The lowest BCUT2D eigenvalue weighted by atomic mass is 9.96. The summed E-state index contributed by atoms with van der Waals surface area (Å²) >= 11 is 5.93. The van der Waals surface area contributed by atoms with Crippen molar-refractivity contribution in [1.82, 2.24) is 5.32 Å². The molecule has 0 radical (unpaired) electrons. The number of alkyl carbamates (subject to hydrolysis) is 1. The molecular weight excluding hydrogens is 398 g/mol. The van der Waals surface area contributed by atoms with Gasteiger partial charge in [0.05, 0.1) is 5.92 Å². The van der Waals surface area contributed by atoms with E-state index in [0.29, 0.717) is 17.9 Å². The van der Waals surface area contributed by atoms with E-state index in [1.165, 1.54) is 13.8 Å². The van der Waals surface area contributed by atoms with Crippen LogP contribution in [-0.2, 0) is 30.2 Å². The number of amides is 1. The average Bonchev–Trinajstić information content (AvgIpc) is 2.54. The number of nitrogens with one attached hydrogen (secondary N) is 1. The van der Waals surface area contributed by atoms with E-state index >= 15 is 0 Å². The summed E-state index contributed by atoms with van der Waals surface area (Å²) in [6.07, 6.45) is 0.210. The van der Waals surface area contributed by atoms with Gasteiger partial charge in [0.2, 0.25) is 0 Å². The number of rotatable bonds is 9. The van der Waals surface area contributed by atoms with Crippen LogP contribution in [0.25, 0.3) is 0 Å². The van der Waals surface area contributed by atoms with E-state index in [-0.39, 0.29) is 12.5 Å². The largest absolute Gasteiger partial charge is 0.444 e. The maximum Gasteiger partial charge on any atom is 0.407 e. The van der Waals surface area contributed by atoms with Gasteiger partial charge in [0, 0.05) is 24.9 Å². The molecule has 0 fully saturated rings. The number of hydrogen-bond acceptors (Lipinski definition) is 6. The standard InChI is InChI=1S/C21H30ClNO6/c1-14(18(25)28-21(5,6)27-13-24)11-17(23-19(26)29-20(2,3)4)12-15-7-9-16(22)10-8-15/h7-10,13-14,17H,11-12H2,1-6H3,(H,23,26). The van der Waals surface area contributed by atoms with Crippen LogP contribution in [0.15, 0.2) is 24.3 Å². The lowest BCUT2D eigenvalue weighted by Gasteiger charge is -2.27. The van der Waals surface area contributed by atoms with Crippen molar-refractivity contribution in [1.29, 1.82) is 0 Å². The minimum absolute atomic E-state index is 0.228. The number of ether oxygens (including phenoxy) is 3. The fourth-order valence-corrected chi connectivity index (χ4v) is 2.70. The molecular formula is C21H30ClNO6. The van der Waals surface area contributed by atoms with Crippen molar-refractivity contribution >= 4 is 30.1 Å². The molecule has 2 unspecified atom stereocenters. The van der Waals surface area contributed by atoms with Crippen molar-refractivity contribution in [3.63, 3.8) is 0 Å². The lowest BCUT2D eigenvalue weighted by Crippen LogP contribution is -2.42. The SMILES string of the molecule is CC(CC(Cc1ccc(Cl)cc1)NC(=O)OC(C)(C)C)C(=O)OC(C)(C)OC=O. The van der Waals surface area contributed by atoms with Gasteiger partial charge in [-0.1, -0.05) is 30.7 Å². The highest BCUT2D eigenvalue weighted by Crippen LogP contribution is 2.19. The Hall–Kier alpha value is -2.28. The quantitative estimate of drug-likeness (QED) is 0.360. The van der Waals surface area contributed by atoms with Crippen LogP contribution >= 0.6 is 11.6 Å². The predicted molar refractivity (Wildman–Crippen MR) is 109 cm³/mol.